The molecule has 11 bridgehead atoms. The number of Topliss-reactive ketones (excluding diaryl/α,β-unsaturated/α-hetero) is 3. The van der Waals surface area contributed by atoms with Crippen molar-refractivity contribution in [1.29, 1.82) is 0 Å². The number of fused-ring (bicyclic) bond motifs is 15. The Bertz CT molecular complexity index is 4870. The number of amides is 6. The largest absolute Gasteiger partial charge is 0.507 e. The minimum absolute atomic E-state index is 0.00853. The fourth-order valence-corrected chi connectivity index (χ4v) is 17.8. The quantitative estimate of drug-likeness (QED) is 0.0191. The number of rotatable bonds is 35. The second-order valence-corrected chi connectivity index (χ2v) is 35.7. The highest BCUT2D eigenvalue weighted by Gasteiger charge is 2.52. The standard InChI is InChI=1S/C91H119Cl2N7O30/c1-7-9-10-11-12-13-14-18-69(111)100-91(6)37-50(27-43(5)84(91)120)126-83-81(119)79(117)67(40-102)129-90(83)130-82-65-32-48-33-66(82)128-64-24-21-47(30-56(64)93)75(113)73-88(124)99-89(125-41-103)53-36-59(106)54(38-95-25-16-15-17-58(105)77(115)80(118)78(116)62(109)39-101)76(114)70(53)52-28-45(19-22-57(52)104)51(87(123)98-73)35-61(108)71(48)96-86(122)49(34-68(94)110)31-60(107)72(97-85(121)44(8-2)26-42(3)4)74(112)46-20-23-63(127-65)55(92)29-46/h19-24,28-30,32-33,36,41-44,49-51,62,67,71-75,77-81,83-84,89-90,95,101-102,104,106,109,112-120H,7-18,25-27,31,34-35,37-40H2,1-6H3,(H2,94,110)(H,96,122)(H,97,121)(H,98,123)(H,99,124)(H,100,111)/t43-,44-,49+,50-,51-,62-,67-,71-,72+,73+,74-,75-,77+,78-,79?,80-,81?,83-,84-,89-,90+,91?/m1/s1. The number of hydrogen-bond acceptors (Lipinski definition) is 31. The number of benzene rings is 5. The number of unbranched alkanes of at least 4 members (excludes halogenated alkanes) is 7. The molecule has 1 saturated heterocycles. The molecule has 0 aromatic heterocycles. The van der Waals surface area contributed by atoms with Crippen LogP contribution in [0.5, 0.6) is 46.0 Å². The molecule has 0 spiro atoms. The predicted molar refractivity (Wildman–Crippen MR) is 464 cm³/mol. The predicted octanol–water partition coefficient (Wildman–Crippen LogP) is 4.79. The molecule has 37 nitrogen and oxygen atoms in total. The Kier molecular flexibility index (Phi) is 36.2. The van der Waals surface area contributed by atoms with E-state index in [1.165, 1.54) is 24.3 Å². The minimum atomic E-state index is -2.27. The van der Waals surface area contributed by atoms with Crippen LogP contribution in [0.3, 0.4) is 0 Å². The highest BCUT2D eigenvalue weighted by molar-refractivity contribution is 6.32. The summed E-state index contributed by atoms with van der Waals surface area (Å²) in [5, 5.41) is 174. The van der Waals surface area contributed by atoms with Crippen LogP contribution in [-0.4, -0.2) is 235 Å². The Labute approximate surface area is 760 Å². The molecule has 2 fully saturated rings. The number of primary amides is 1. The van der Waals surface area contributed by atoms with Gasteiger partial charge in [0.2, 0.25) is 53.7 Å². The smallest absolute Gasteiger partial charge is 0.295 e. The number of nitrogens with one attached hydrogen (secondary N) is 6. The van der Waals surface area contributed by atoms with Crippen molar-refractivity contribution in [2.24, 2.45) is 29.4 Å². The number of carbonyl (C=O) groups is 10. The molecular weight excluding hydrogens is 1740 g/mol. The van der Waals surface area contributed by atoms with Crippen LogP contribution in [0.1, 0.15) is 221 Å². The topological polar surface area (TPSA) is 608 Å². The van der Waals surface area contributed by atoms with Crippen LogP contribution in [0.2, 0.25) is 10.0 Å². The maximum Gasteiger partial charge on any atom is 0.295 e. The number of ether oxygens (including phenoxy) is 6. The van der Waals surface area contributed by atoms with E-state index in [0.717, 1.165) is 87.1 Å². The molecule has 5 aromatic rings. The molecule has 712 valence electrons. The molecule has 7 aliphatic rings. The monoisotopic (exact) mass is 1860 g/mol. The number of aromatic hydroxyl groups is 3. The number of carbonyl (C=O) groups excluding carboxylic acids is 10. The van der Waals surface area contributed by atoms with E-state index in [0.29, 0.717) is 12.8 Å². The summed E-state index contributed by atoms with van der Waals surface area (Å²) in [5.41, 5.74) is 1.68. The molecule has 22 atom stereocenters. The third-order valence-electron chi connectivity index (χ3n) is 24.6. The molecule has 22 N–H and O–H groups in total. The fourth-order valence-electron chi connectivity index (χ4n) is 17.3. The van der Waals surface area contributed by atoms with Crippen molar-refractivity contribution in [1.82, 2.24) is 31.9 Å². The summed E-state index contributed by atoms with van der Waals surface area (Å²) in [6.07, 6.45) is -22.4. The number of phenols is 3. The highest BCUT2D eigenvalue weighted by atomic mass is 35.5. The van der Waals surface area contributed by atoms with Crippen LogP contribution in [0.25, 0.3) is 11.1 Å². The normalized spacial score (nSPS) is 26.6. The van der Waals surface area contributed by atoms with Gasteiger partial charge in [0.1, 0.15) is 108 Å². The van der Waals surface area contributed by atoms with Gasteiger partial charge in [-0.05, 0) is 147 Å². The molecule has 1 saturated carbocycles. The van der Waals surface area contributed by atoms with Crippen LogP contribution in [0.4, 0.5) is 0 Å². The van der Waals surface area contributed by atoms with Crippen LogP contribution >= 0.6 is 23.2 Å². The molecule has 6 aliphatic heterocycles. The van der Waals surface area contributed by atoms with Crippen molar-refractivity contribution in [2.75, 3.05) is 19.8 Å². The van der Waals surface area contributed by atoms with Crippen LogP contribution < -0.4 is 51.8 Å². The number of phenolic OH excluding ortho intramolecular Hbond substituents is 3. The van der Waals surface area contributed by atoms with E-state index < -0.39 is 281 Å². The zero-order chi connectivity index (χ0) is 95.0. The second kappa shape index (κ2) is 46.0. The SMILES string of the molecule is CCCCCCCCCC(=O)NC1(C)C[C@H](O[C@@H]2C(O)C(O)[C@@H](CO)O[C@H]2Oc2c3cc4cc2Oc2ccc(cc2Cl)[C@@H](O)[C@@H](NC(=O)[C@H](CC)CC(C)C)C(=O)C[C@@H](CC(N)=O)C(=O)N[C@H]4C(=O)C[C@H]2C(=O)N[C@H](C(=O)N[C@H](OC=O)c4cc(O)c(CNCCCCC(=O)[C@H](O)[C@@H](O)[C@H](O)[C@H](O)CO)c(O)c4-c4cc2ccc4O)[C@H](O)c2ccc(c(Cl)c2)O3)C[C@@H](C)[C@H]1O. The van der Waals surface area contributed by atoms with E-state index in [1.807, 2.05) is 13.8 Å². The fraction of sp³-hybridized carbons (Fsp3) is 0.560. The number of nitrogens with two attached hydrogens (primary N) is 1. The van der Waals surface area contributed by atoms with E-state index in [4.69, 9.17) is 57.4 Å². The van der Waals surface area contributed by atoms with Gasteiger partial charge in [-0.1, -0.05) is 115 Å². The molecular formula is C91H119Cl2N7O30. The lowest BCUT2D eigenvalue weighted by atomic mass is 9.73. The second-order valence-electron chi connectivity index (χ2n) is 34.8. The summed E-state index contributed by atoms with van der Waals surface area (Å²) in [6, 6.07) is 7.06. The maximum absolute atomic E-state index is 16.6. The first-order chi connectivity index (χ1) is 61.7. The zero-order valence-electron chi connectivity index (χ0n) is 72.9. The van der Waals surface area contributed by atoms with E-state index >= 15 is 24.0 Å². The van der Waals surface area contributed by atoms with Crippen molar-refractivity contribution in [2.45, 2.75) is 279 Å². The van der Waals surface area contributed by atoms with Crippen LogP contribution in [0, 0.1) is 23.7 Å². The number of aliphatic hydroxyl groups is 11. The number of ketones is 3. The average molecular weight is 1860 g/mol. The first-order valence-corrected chi connectivity index (χ1v) is 44.5. The van der Waals surface area contributed by atoms with Crippen molar-refractivity contribution in [3.05, 3.63) is 116 Å². The van der Waals surface area contributed by atoms with Gasteiger partial charge in [-0.3, -0.25) is 47.9 Å². The van der Waals surface area contributed by atoms with Crippen molar-refractivity contribution >= 4 is 82.5 Å². The molecule has 39 heteroatoms. The zero-order valence-corrected chi connectivity index (χ0v) is 74.4. The van der Waals surface area contributed by atoms with Gasteiger partial charge in [0.25, 0.3) is 6.47 Å². The summed E-state index contributed by atoms with van der Waals surface area (Å²) in [4.78, 5) is 146. The number of aliphatic hydroxyl groups excluding tert-OH is 11. The van der Waals surface area contributed by atoms with Gasteiger partial charge in [0, 0.05) is 61.3 Å². The Morgan fingerprint density at radius 3 is 1.96 bits per heavy atom. The molecule has 5 aromatic carbocycles. The van der Waals surface area contributed by atoms with E-state index in [9.17, 15) is 95.5 Å². The highest BCUT2D eigenvalue weighted by Crippen LogP contribution is 2.52. The van der Waals surface area contributed by atoms with E-state index in [2.05, 4.69) is 38.8 Å². The van der Waals surface area contributed by atoms with Crippen molar-refractivity contribution in [3.63, 3.8) is 0 Å². The van der Waals surface area contributed by atoms with Crippen LogP contribution in [0.15, 0.2) is 72.8 Å². The third kappa shape index (κ3) is 24.7. The van der Waals surface area contributed by atoms with E-state index in [-0.39, 0.29) is 109 Å². The van der Waals surface area contributed by atoms with Crippen LogP contribution in [-0.2, 0) is 68.7 Å². The third-order valence-corrected chi connectivity index (χ3v) is 25.2. The van der Waals surface area contributed by atoms with Gasteiger partial charge < -0.3 is 138 Å². The molecule has 6 heterocycles. The van der Waals surface area contributed by atoms with E-state index in [1.54, 1.807) is 20.8 Å². The Morgan fingerprint density at radius 2 is 1.35 bits per heavy atom. The molecule has 6 amide bonds. The van der Waals surface area contributed by atoms with Gasteiger partial charge in [0.15, 0.2) is 28.8 Å². The Morgan fingerprint density at radius 1 is 0.708 bits per heavy atom. The Balaban J connectivity index is 1.15. The number of hydrogen-bond donors (Lipinski definition) is 21. The van der Waals surface area contributed by atoms with Gasteiger partial charge in [-0.15, -0.1) is 0 Å². The van der Waals surface area contributed by atoms with Gasteiger partial charge >= 0.3 is 0 Å². The number of halogens is 2. The molecule has 12 rings (SSSR count). The summed E-state index contributed by atoms with van der Waals surface area (Å²) >= 11 is 14.5. The lowest BCUT2D eigenvalue weighted by molar-refractivity contribution is -0.299. The Hall–Kier alpha value is -9.78. The maximum atomic E-state index is 16.6. The first kappa shape index (κ1) is 102. The summed E-state index contributed by atoms with van der Waals surface area (Å²) in [5.74, 6) is -19.6. The van der Waals surface area contributed by atoms with Gasteiger partial charge in [-0.2, -0.15) is 0 Å². The molecule has 0 radical (unpaired) electrons. The molecule has 130 heavy (non-hydrogen) atoms. The molecule has 3 unspecified atom stereocenters. The summed E-state index contributed by atoms with van der Waals surface area (Å²) in [7, 11) is 0. The molecule has 1 aliphatic carbocycles. The van der Waals surface area contributed by atoms with Crippen molar-refractivity contribution in [3.8, 4) is 57.1 Å². The summed E-state index contributed by atoms with van der Waals surface area (Å²) in [6.45, 7) is 8.38. The van der Waals surface area contributed by atoms with Gasteiger partial charge in [-0.25, -0.2) is 0 Å². The van der Waals surface area contributed by atoms with Gasteiger partial charge in [0.05, 0.1) is 58.4 Å². The average Bonchev–Trinajstić information content (AvgIpc) is 0.714. The van der Waals surface area contributed by atoms with Crippen molar-refractivity contribution < 1.29 is 148 Å². The summed E-state index contributed by atoms with van der Waals surface area (Å²) < 4.78 is 39.1. The lowest BCUT2D eigenvalue weighted by Gasteiger charge is -2.48. The lowest BCUT2D eigenvalue weighted by Crippen LogP contribution is -2.64. The minimum Gasteiger partial charge on any atom is -0.507 e. The first-order valence-electron chi connectivity index (χ1n) is 43.8.